The highest BCUT2D eigenvalue weighted by Crippen LogP contribution is 2.31. The molecule has 1 rings (SSSR count). The number of thiophene rings is 1. The minimum Gasteiger partial charge on any atom is -0.478 e. The molecule has 0 atom stereocenters. The van der Waals surface area contributed by atoms with E-state index in [1.807, 2.05) is 0 Å². The van der Waals surface area contributed by atoms with Gasteiger partial charge in [-0.05, 0) is 6.08 Å². The molecule has 0 spiro atoms. The zero-order valence-electron chi connectivity index (χ0n) is 8.45. The van der Waals surface area contributed by atoms with Crippen LogP contribution in [0.4, 0.5) is 13.2 Å². The van der Waals surface area contributed by atoms with Gasteiger partial charge in [-0.2, -0.15) is 23.7 Å². The molecule has 0 aliphatic carbocycles. The van der Waals surface area contributed by atoms with Gasteiger partial charge in [-0.1, -0.05) is 0 Å². The van der Waals surface area contributed by atoms with Gasteiger partial charge in [0.1, 0.15) is 17.7 Å². The molecule has 1 N–H and O–H groups in total. The van der Waals surface area contributed by atoms with Gasteiger partial charge in [-0.15, -0.1) is 11.3 Å². The Morgan fingerprint density at radius 3 is 2.39 bits per heavy atom. The lowest BCUT2D eigenvalue weighted by atomic mass is 10.1. The van der Waals surface area contributed by atoms with Crippen molar-refractivity contribution in [2.45, 2.75) is 6.18 Å². The zero-order chi connectivity index (χ0) is 13.9. The molecule has 8 heteroatoms. The molecule has 92 valence electrons. The van der Waals surface area contributed by atoms with Crippen LogP contribution in [0.2, 0.25) is 0 Å². The number of carbonyl (C=O) groups is 1. The second kappa shape index (κ2) is 4.90. The van der Waals surface area contributed by atoms with Crippen molar-refractivity contribution in [2.24, 2.45) is 0 Å². The summed E-state index contributed by atoms with van der Waals surface area (Å²) in [6.07, 6.45) is -4.68. The smallest absolute Gasteiger partial charge is 0.423 e. The highest BCUT2D eigenvalue weighted by Gasteiger charge is 2.39. The van der Waals surface area contributed by atoms with Crippen LogP contribution in [0.3, 0.4) is 0 Å². The number of rotatable bonds is 2. The predicted molar refractivity (Wildman–Crippen MR) is 55.4 cm³/mol. The fourth-order valence-electron chi connectivity index (χ4n) is 1.07. The lowest BCUT2D eigenvalue weighted by molar-refractivity contribution is -0.144. The zero-order valence-corrected chi connectivity index (χ0v) is 9.26. The topological polar surface area (TPSA) is 84.9 Å². The van der Waals surface area contributed by atoms with Crippen LogP contribution >= 0.6 is 11.3 Å². The number of nitriles is 2. The van der Waals surface area contributed by atoms with E-state index in [0.717, 1.165) is 0 Å². The van der Waals surface area contributed by atoms with Crippen LogP contribution in [0.5, 0.6) is 0 Å². The number of hydrogen-bond acceptors (Lipinski definition) is 4. The lowest BCUT2D eigenvalue weighted by Crippen LogP contribution is -2.19. The Labute approximate surface area is 103 Å². The van der Waals surface area contributed by atoms with E-state index in [1.54, 1.807) is 12.1 Å². The van der Waals surface area contributed by atoms with Gasteiger partial charge in [0.25, 0.3) is 0 Å². The number of carboxylic acids is 1. The third kappa shape index (κ3) is 2.67. The summed E-state index contributed by atoms with van der Waals surface area (Å²) >= 11 is 0.702. The summed E-state index contributed by atoms with van der Waals surface area (Å²) < 4.78 is 37.2. The van der Waals surface area contributed by atoms with Gasteiger partial charge in [0.2, 0.25) is 0 Å². The first-order chi connectivity index (χ1) is 8.31. The molecule has 1 heterocycles. The quantitative estimate of drug-likeness (QED) is 0.838. The minimum absolute atomic E-state index is 0.0827. The van der Waals surface area contributed by atoms with Crippen molar-refractivity contribution in [2.75, 3.05) is 0 Å². The third-order valence-electron chi connectivity index (χ3n) is 1.86. The molecule has 0 saturated heterocycles. The summed E-state index contributed by atoms with van der Waals surface area (Å²) in [5, 5.41) is 27.0. The molecular formula is C10H3F3N2O2S. The second-order valence-electron chi connectivity index (χ2n) is 2.97. The number of alkyl halides is 3. The van der Waals surface area contributed by atoms with Gasteiger partial charge in [0.15, 0.2) is 0 Å². The highest BCUT2D eigenvalue weighted by atomic mass is 32.1. The average molecular weight is 272 g/mol. The van der Waals surface area contributed by atoms with E-state index in [4.69, 9.17) is 15.6 Å². The maximum Gasteiger partial charge on any atom is 0.423 e. The number of aliphatic carboxylic acids is 1. The molecule has 0 amide bonds. The van der Waals surface area contributed by atoms with Crippen molar-refractivity contribution >= 4 is 23.4 Å². The first-order valence-electron chi connectivity index (χ1n) is 4.25. The molecule has 1 aromatic heterocycles. The normalized spacial score (nSPS) is 11.7. The van der Waals surface area contributed by atoms with Crippen LogP contribution in [0.25, 0.3) is 6.08 Å². The summed E-state index contributed by atoms with van der Waals surface area (Å²) in [7, 11) is 0. The van der Waals surface area contributed by atoms with Gasteiger partial charge < -0.3 is 5.11 Å². The van der Waals surface area contributed by atoms with Crippen molar-refractivity contribution in [3.05, 3.63) is 27.0 Å². The van der Waals surface area contributed by atoms with Crippen LogP contribution in [0.15, 0.2) is 11.0 Å². The maximum atomic E-state index is 12.4. The molecule has 18 heavy (non-hydrogen) atoms. The van der Waals surface area contributed by atoms with E-state index >= 15 is 0 Å². The molecule has 0 bridgehead atoms. The summed E-state index contributed by atoms with van der Waals surface area (Å²) in [6.45, 7) is 0. The van der Waals surface area contributed by atoms with Gasteiger partial charge in [-0.3, -0.25) is 0 Å². The van der Waals surface area contributed by atoms with E-state index < -0.39 is 17.7 Å². The molecule has 4 nitrogen and oxygen atoms in total. The van der Waals surface area contributed by atoms with Crippen LogP contribution in [-0.2, 0) is 4.79 Å². The molecule has 0 fully saturated rings. The van der Waals surface area contributed by atoms with E-state index in [0.29, 0.717) is 17.4 Å². The second-order valence-corrected chi connectivity index (χ2v) is 3.88. The summed E-state index contributed by atoms with van der Waals surface area (Å²) in [6, 6.07) is 3.21. The molecule has 0 saturated carbocycles. The fourth-order valence-corrected chi connectivity index (χ4v) is 1.95. The molecule has 0 aromatic carbocycles. The Kier molecular flexibility index (Phi) is 3.74. The number of halogens is 3. The summed E-state index contributed by atoms with van der Waals surface area (Å²) in [4.78, 5) is 10.3. The van der Waals surface area contributed by atoms with Crippen molar-refractivity contribution in [3.63, 3.8) is 0 Å². The number of carboxylic acid groups (broad SMARTS) is 1. The first-order valence-corrected chi connectivity index (χ1v) is 5.13. The largest absolute Gasteiger partial charge is 0.478 e. The van der Waals surface area contributed by atoms with Gasteiger partial charge >= 0.3 is 12.1 Å². The predicted octanol–water partition coefficient (Wildman–Crippen LogP) is 2.52. The maximum absolute atomic E-state index is 12.4. The highest BCUT2D eigenvalue weighted by molar-refractivity contribution is 7.11. The van der Waals surface area contributed by atoms with E-state index in [2.05, 4.69) is 0 Å². The number of hydrogen-bond donors (Lipinski definition) is 1. The standard InChI is InChI=1S/C10H3F3N2O2S/c11-10(12,13)7(9(16)17)1-8-6(3-15)5(2-14)4-18-8/h1,4H,(H,16,17). The Balaban J connectivity index is 3.41. The Bertz CT molecular complexity index is 602. The van der Waals surface area contributed by atoms with Gasteiger partial charge in [0.05, 0.1) is 11.1 Å². The van der Waals surface area contributed by atoms with Crippen molar-refractivity contribution in [1.29, 1.82) is 10.5 Å². The molecule has 0 aliphatic rings. The average Bonchev–Trinajstić information content (AvgIpc) is 2.65. The minimum atomic E-state index is -5.03. The van der Waals surface area contributed by atoms with Crippen LogP contribution in [0.1, 0.15) is 16.0 Å². The molecule has 1 aromatic rings. The van der Waals surface area contributed by atoms with E-state index in [-0.39, 0.29) is 16.0 Å². The third-order valence-corrected chi connectivity index (χ3v) is 2.79. The molecule has 0 unspecified atom stereocenters. The fraction of sp³-hybridized carbons (Fsp3) is 0.100. The Morgan fingerprint density at radius 2 is 2.00 bits per heavy atom. The number of nitrogens with zero attached hydrogens (tertiary/aromatic N) is 2. The van der Waals surface area contributed by atoms with E-state index in [9.17, 15) is 18.0 Å². The van der Waals surface area contributed by atoms with Crippen LogP contribution in [-0.4, -0.2) is 17.3 Å². The van der Waals surface area contributed by atoms with Crippen molar-refractivity contribution in [1.82, 2.24) is 0 Å². The Hall–Kier alpha value is -2.32. The van der Waals surface area contributed by atoms with Crippen LogP contribution in [0, 0.1) is 22.7 Å². The van der Waals surface area contributed by atoms with Gasteiger partial charge in [0, 0.05) is 10.3 Å². The van der Waals surface area contributed by atoms with Gasteiger partial charge in [-0.25, -0.2) is 4.79 Å². The summed E-state index contributed by atoms with van der Waals surface area (Å²) in [5.41, 5.74) is -2.13. The molecule has 0 radical (unpaired) electrons. The Morgan fingerprint density at radius 1 is 1.39 bits per heavy atom. The van der Waals surface area contributed by atoms with Crippen LogP contribution < -0.4 is 0 Å². The first kappa shape index (κ1) is 13.7. The van der Waals surface area contributed by atoms with E-state index in [1.165, 1.54) is 5.38 Å². The molecular weight excluding hydrogens is 269 g/mol. The SMILES string of the molecule is N#Cc1csc(C=C(C(=O)O)C(F)(F)F)c1C#N. The lowest BCUT2D eigenvalue weighted by Gasteiger charge is -2.06. The van der Waals surface area contributed by atoms with Crippen molar-refractivity contribution < 1.29 is 23.1 Å². The summed E-state index contributed by atoms with van der Waals surface area (Å²) in [5.74, 6) is -2.14. The monoisotopic (exact) mass is 272 g/mol. The molecule has 0 aliphatic heterocycles. The van der Waals surface area contributed by atoms with Crippen molar-refractivity contribution in [3.8, 4) is 12.1 Å².